The number of unbranched alkanes of at least 4 members (excludes halogenated alkanes) is 12. The molecule has 1 aromatic carbocycles. The van der Waals surface area contributed by atoms with Gasteiger partial charge in [-0.3, -0.25) is 4.18 Å². The summed E-state index contributed by atoms with van der Waals surface area (Å²) in [4.78, 5) is 0.126. The second kappa shape index (κ2) is 15.1. The first-order chi connectivity index (χ1) is 13.5. The summed E-state index contributed by atoms with van der Waals surface area (Å²) in [5.41, 5.74) is 0.994. The van der Waals surface area contributed by atoms with E-state index in [0.29, 0.717) is 6.42 Å². The lowest BCUT2D eigenvalue weighted by Crippen LogP contribution is -2.07. The van der Waals surface area contributed by atoms with Gasteiger partial charge in [0.05, 0.1) is 12.8 Å². The molecular weight excluding hydrogens is 356 g/mol. The van der Waals surface area contributed by atoms with Crippen molar-refractivity contribution >= 4 is 10.1 Å². The Balaban J connectivity index is 2.00. The van der Waals surface area contributed by atoms with Crippen molar-refractivity contribution in [1.82, 2.24) is 0 Å². The van der Waals surface area contributed by atoms with E-state index in [9.17, 15) is 8.42 Å². The van der Waals surface area contributed by atoms with Crippen LogP contribution in [0.15, 0.2) is 29.2 Å². The summed E-state index contributed by atoms with van der Waals surface area (Å²) in [5.74, 6) is 0. The van der Waals surface area contributed by atoms with Crippen molar-refractivity contribution in [2.45, 2.75) is 109 Å². The molecule has 1 atom stereocenters. The lowest BCUT2D eigenvalue weighted by molar-refractivity contribution is 0.306. The topological polar surface area (TPSA) is 43.4 Å². The molecule has 0 bridgehead atoms. The molecule has 0 heterocycles. The van der Waals surface area contributed by atoms with Gasteiger partial charge in [-0.2, -0.15) is 8.42 Å². The molecule has 0 radical (unpaired) electrons. The van der Waals surface area contributed by atoms with Crippen LogP contribution >= 0.6 is 0 Å². The Bertz CT molecular complexity index is 599. The molecule has 0 aliphatic carbocycles. The molecule has 0 spiro atoms. The van der Waals surface area contributed by atoms with Gasteiger partial charge in [-0.25, -0.2) is 0 Å². The molecule has 0 N–H and O–H groups in total. The van der Waals surface area contributed by atoms with Crippen LogP contribution in [0.25, 0.3) is 0 Å². The molecule has 27 heavy (non-hydrogen) atoms. The Hall–Kier alpha value is -0.870. The van der Waals surface area contributed by atoms with Crippen molar-refractivity contribution in [1.29, 1.82) is 0 Å². The minimum atomic E-state index is -3.83. The van der Waals surface area contributed by atoms with E-state index >= 15 is 0 Å². The van der Waals surface area contributed by atoms with Gasteiger partial charge >= 0.3 is 0 Å². The Morgan fingerprint density at radius 2 is 1.15 bits per heavy atom. The van der Waals surface area contributed by atoms with Gasteiger partial charge in [0.25, 0.3) is 10.1 Å². The van der Waals surface area contributed by atoms with Crippen LogP contribution in [0.5, 0.6) is 0 Å². The van der Waals surface area contributed by atoms with E-state index < -0.39 is 16.7 Å². The highest BCUT2D eigenvalue weighted by atomic mass is 32.2. The SMILES string of the molecule is [3H][C@H](CCCCCCCCCCCCCCC)OS(=O)(=O)c1ccc(C)cc1. The molecule has 0 saturated heterocycles. The standard InChI is InChI=1S/C23H40O3S/c1-3-4-5-6-7-8-9-10-11-12-13-14-15-16-21-26-27(24,25)23-19-17-22(2)18-20-23/h17-20H,3-16,21H2,1-2H3/i21T/t21-/m1/s1. The zero-order chi connectivity index (χ0) is 20.7. The van der Waals surface area contributed by atoms with Crippen molar-refractivity contribution in [3.8, 4) is 0 Å². The molecule has 0 fully saturated rings. The fraction of sp³-hybridized carbons (Fsp3) is 0.739. The minimum absolute atomic E-state index is 0.126. The smallest absolute Gasteiger partial charge is 0.266 e. The second-order valence-corrected chi connectivity index (χ2v) is 9.13. The highest BCUT2D eigenvalue weighted by Crippen LogP contribution is 2.15. The summed E-state index contributed by atoms with van der Waals surface area (Å²) in [6, 6.07) is 6.54. The summed E-state index contributed by atoms with van der Waals surface area (Å²) in [6.45, 7) is 3.14. The Kier molecular flexibility index (Phi) is 12.5. The maximum atomic E-state index is 12.1. The monoisotopic (exact) mass is 398 g/mol. The summed E-state index contributed by atoms with van der Waals surface area (Å²) < 4.78 is 37.2. The zero-order valence-corrected chi connectivity index (χ0v) is 18.2. The van der Waals surface area contributed by atoms with E-state index in [1.807, 2.05) is 6.92 Å². The van der Waals surface area contributed by atoms with Crippen molar-refractivity contribution in [3.63, 3.8) is 0 Å². The molecule has 0 amide bonds. The fourth-order valence-electron chi connectivity index (χ4n) is 3.14. The van der Waals surface area contributed by atoms with Gasteiger partial charge in [-0.1, -0.05) is 108 Å². The molecule has 1 aromatic rings. The van der Waals surface area contributed by atoms with Crippen LogP contribution in [0.1, 0.15) is 104 Å². The Labute approximate surface area is 169 Å². The lowest BCUT2D eigenvalue weighted by Gasteiger charge is -2.06. The maximum absolute atomic E-state index is 12.1. The highest BCUT2D eigenvalue weighted by molar-refractivity contribution is 7.86. The normalized spacial score (nSPS) is 13.5. The predicted octanol–water partition coefficient (Wildman–Crippen LogP) is 7.18. The van der Waals surface area contributed by atoms with E-state index in [2.05, 4.69) is 6.92 Å². The minimum Gasteiger partial charge on any atom is -0.266 e. The van der Waals surface area contributed by atoms with Gasteiger partial charge in [0.1, 0.15) is 0 Å². The van der Waals surface area contributed by atoms with E-state index in [4.69, 9.17) is 5.55 Å². The highest BCUT2D eigenvalue weighted by Gasteiger charge is 2.14. The molecule has 1 rings (SSSR count). The van der Waals surface area contributed by atoms with Gasteiger partial charge in [0.15, 0.2) is 0 Å². The summed E-state index contributed by atoms with van der Waals surface area (Å²) >= 11 is 0. The third kappa shape index (κ3) is 12.2. The molecule has 0 saturated carbocycles. The van der Waals surface area contributed by atoms with E-state index in [-0.39, 0.29) is 4.90 Å². The predicted molar refractivity (Wildman–Crippen MR) is 115 cm³/mol. The summed E-state index contributed by atoms with van der Waals surface area (Å²) in [5, 5.41) is 0. The van der Waals surface area contributed by atoms with Gasteiger partial charge in [0, 0.05) is 0 Å². The van der Waals surface area contributed by atoms with Crippen LogP contribution in [0.4, 0.5) is 0 Å². The van der Waals surface area contributed by atoms with Gasteiger partial charge in [-0.05, 0) is 25.5 Å². The van der Waals surface area contributed by atoms with Gasteiger partial charge in [-0.15, -0.1) is 0 Å². The van der Waals surface area contributed by atoms with E-state index in [1.54, 1.807) is 12.1 Å². The van der Waals surface area contributed by atoms with Crippen molar-refractivity contribution in [2.24, 2.45) is 0 Å². The zero-order valence-electron chi connectivity index (χ0n) is 18.4. The molecular formula is C23H40O3S. The Morgan fingerprint density at radius 3 is 1.59 bits per heavy atom. The van der Waals surface area contributed by atoms with Gasteiger partial charge in [0.2, 0.25) is 0 Å². The number of hydrogen-bond donors (Lipinski definition) is 0. The molecule has 0 aliphatic rings. The van der Waals surface area contributed by atoms with Crippen molar-refractivity contribution in [3.05, 3.63) is 29.8 Å². The maximum Gasteiger partial charge on any atom is 0.296 e. The van der Waals surface area contributed by atoms with Crippen LogP contribution in [0.2, 0.25) is 0 Å². The third-order valence-corrected chi connectivity index (χ3v) is 6.17. The van der Waals surface area contributed by atoms with E-state index in [0.717, 1.165) is 24.8 Å². The molecule has 0 unspecified atom stereocenters. The average Bonchev–Trinajstić information content (AvgIpc) is 2.65. The molecule has 0 aromatic heterocycles. The molecule has 0 aliphatic heterocycles. The number of benzene rings is 1. The second-order valence-electron chi connectivity index (χ2n) is 7.56. The van der Waals surface area contributed by atoms with Gasteiger partial charge < -0.3 is 0 Å². The van der Waals surface area contributed by atoms with Crippen LogP contribution in [-0.4, -0.2) is 15.0 Å². The van der Waals surface area contributed by atoms with Crippen LogP contribution in [-0.2, 0) is 14.3 Å². The average molecular weight is 399 g/mol. The first kappa shape index (κ1) is 22.4. The molecule has 156 valence electrons. The van der Waals surface area contributed by atoms with Crippen LogP contribution in [0, 0.1) is 6.92 Å². The first-order valence-corrected chi connectivity index (χ1v) is 12.3. The number of hydrogen-bond acceptors (Lipinski definition) is 3. The van der Waals surface area contributed by atoms with Crippen molar-refractivity contribution < 1.29 is 14.0 Å². The summed E-state index contributed by atoms with van der Waals surface area (Å²) in [6.07, 6.45) is 16.9. The largest absolute Gasteiger partial charge is 0.296 e. The van der Waals surface area contributed by atoms with Crippen LogP contribution < -0.4 is 0 Å². The fourth-order valence-corrected chi connectivity index (χ4v) is 4.00. The molecule has 3 nitrogen and oxygen atoms in total. The molecule has 4 heteroatoms. The third-order valence-electron chi connectivity index (χ3n) is 4.93. The Morgan fingerprint density at radius 1 is 0.741 bits per heavy atom. The summed E-state index contributed by atoms with van der Waals surface area (Å²) in [7, 11) is -3.83. The van der Waals surface area contributed by atoms with Crippen LogP contribution in [0.3, 0.4) is 0 Å². The van der Waals surface area contributed by atoms with Crippen molar-refractivity contribution in [2.75, 3.05) is 6.58 Å². The number of rotatable bonds is 17. The lowest BCUT2D eigenvalue weighted by atomic mass is 10.0. The van der Waals surface area contributed by atoms with E-state index in [1.165, 1.54) is 76.3 Å². The quantitative estimate of drug-likeness (QED) is 0.206. The number of aryl methyl sites for hydroxylation is 1. The first-order valence-electron chi connectivity index (χ1n) is 11.5.